The fourth-order valence-corrected chi connectivity index (χ4v) is 4.58. The third-order valence-corrected chi connectivity index (χ3v) is 6.49. The van der Waals surface area contributed by atoms with Gasteiger partial charge in [-0.3, -0.25) is 4.79 Å². The molecular formula is C18H21NO3S2. The van der Waals surface area contributed by atoms with Gasteiger partial charge in [-0.05, 0) is 54.8 Å². The average molecular weight is 364 g/mol. The molecule has 0 atom stereocenters. The molecule has 0 saturated carbocycles. The van der Waals surface area contributed by atoms with Crippen molar-refractivity contribution in [3.63, 3.8) is 0 Å². The Bertz CT molecular complexity index is 805. The molecule has 1 aromatic carbocycles. The highest BCUT2D eigenvalue weighted by molar-refractivity contribution is 7.90. The largest absolute Gasteiger partial charge is 0.339 e. The van der Waals surface area contributed by atoms with E-state index in [0.29, 0.717) is 11.5 Å². The van der Waals surface area contributed by atoms with Gasteiger partial charge in [-0.2, -0.15) is 0 Å². The molecule has 0 spiro atoms. The molecule has 1 aromatic heterocycles. The molecule has 6 heteroatoms. The second-order valence-corrected chi connectivity index (χ2v) is 9.37. The number of hydrogen-bond donors (Lipinski definition) is 0. The van der Waals surface area contributed by atoms with Crippen molar-refractivity contribution in [2.45, 2.75) is 24.2 Å². The van der Waals surface area contributed by atoms with Crippen LogP contribution in [0.3, 0.4) is 0 Å². The number of carbonyl (C=O) groups excluding carboxylic acids is 1. The molecule has 2 heterocycles. The van der Waals surface area contributed by atoms with E-state index in [-0.39, 0.29) is 10.8 Å². The van der Waals surface area contributed by atoms with E-state index < -0.39 is 9.84 Å². The van der Waals surface area contributed by atoms with Gasteiger partial charge in [-0.25, -0.2) is 8.42 Å². The van der Waals surface area contributed by atoms with Gasteiger partial charge >= 0.3 is 0 Å². The van der Waals surface area contributed by atoms with Crippen LogP contribution < -0.4 is 0 Å². The van der Waals surface area contributed by atoms with Crippen LogP contribution in [0.15, 0.2) is 46.7 Å². The van der Waals surface area contributed by atoms with Gasteiger partial charge in [0.05, 0.1) is 4.90 Å². The molecule has 1 fully saturated rings. The first-order valence-corrected chi connectivity index (χ1v) is 10.8. The number of thiophene rings is 1. The summed E-state index contributed by atoms with van der Waals surface area (Å²) in [5.41, 5.74) is 0.453. The SMILES string of the molecule is CS(=O)(=O)c1cccc(C(=O)N2CCC(Cc3cccs3)CC2)c1. The molecule has 2 aromatic rings. The van der Waals surface area contributed by atoms with E-state index in [1.807, 2.05) is 4.90 Å². The summed E-state index contributed by atoms with van der Waals surface area (Å²) in [4.78, 5) is 16.1. The van der Waals surface area contributed by atoms with Crippen molar-refractivity contribution in [1.82, 2.24) is 4.90 Å². The lowest BCUT2D eigenvalue weighted by molar-refractivity contribution is 0.0690. The first-order valence-electron chi connectivity index (χ1n) is 8.05. The van der Waals surface area contributed by atoms with Crippen LogP contribution in [0.25, 0.3) is 0 Å². The zero-order valence-electron chi connectivity index (χ0n) is 13.6. The lowest BCUT2D eigenvalue weighted by atomic mass is 9.92. The number of piperidine rings is 1. The van der Waals surface area contributed by atoms with Crippen LogP contribution in [-0.2, 0) is 16.3 Å². The number of amides is 1. The number of nitrogens with zero attached hydrogens (tertiary/aromatic N) is 1. The van der Waals surface area contributed by atoms with E-state index in [2.05, 4.69) is 17.5 Å². The Kier molecular flexibility index (Phi) is 5.06. The molecule has 1 saturated heterocycles. The molecule has 0 aliphatic carbocycles. The predicted molar refractivity (Wildman–Crippen MR) is 96.2 cm³/mol. The second kappa shape index (κ2) is 7.07. The van der Waals surface area contributed by atoms with Crippen LogP contribution in [0.1, 0.15) is 28.1 Å². The Morgan fingerprint density at radius 1 is 1.21 bits per heavy atom. The van der Waals surface area contributed by atoms with Gasteiger partial charge in [0.2, 0.25) is 0 Å². The quantitative estimate of drug-likeness (QED) is 0.838. The molecule has 0 unspecified atom stereocenters. The van der Waals surface area contributed by atoms with E-state index in [9.17, 15) is 13.2 Å². The van der Waals surface area contributed by atoms with Crippen molar-refractivity contribution in [3.8, 4) is 0 Å². The van der Waals surface area contributed by atoms with Crippen LogP contribution in [0.2, 0.25) is 0 Å². The van der Waals surface area contributed by atoms with E-state index in [4.69, 9.17) is 0 Å². The summed E-state index contributed by atoms with van der Waals surface area (Å²) in [6.45, 7) is 1.47. The fraction of sp³-hybridized carbons (Fsp3) is 0.389. The van der Waals surface area contributed by atoms with Gasteiger partial charge in [-0.15, -0.1) is 11.3 Å². The van der Waals surface area contributed by atoms with Gasteiger partial charge < -0.3 is 4.90 Å². The molecule has 0 N–H and O–H groups in total. The Morgan fingerprint density at radius 3 is 2.58 bits per heavy atom. The van der Waals surface area contributed by atoms with Gasteiger partial charge in [0, 0.05) is 29.8 Å². The van der Waals surface area contributed by atoms with Gasteiger partial charge in [0.1, 0.15) is 0 Å². The fourth-order valence-electron chi connectivity index (χ4n) is 3.10. The Morgan fingerprint density at radius 2 is 1.96 bits per heavy atom. The van der Waals surface area contributed by atoms with Gasteiger partial charge in [0.25, 0.3) is 5.91 Å². The molecule has 1 aliphatic heterocycles. The molecule has 0 bridgehead atoms. The summed E-state index contributed by atoms with van der Waals surface area (Å²) in [6, 6.07) is 10.6. The van der Waals surface area contributed by atoms with Crippen molar-refractivity contribution in [1.29, 1.82) is 0 Å². The maximum Gasteiger partial charge on any atom is 0.253 e. The summed E-state index contributed by atoms with van der Waals surface area (Å²) < 4.78 is 23.3. The second-order valence-electron chi connectivity index (χ2n) is 6.32. The zero-order valence-corrected chi connectivity index (χ0v) is 15.3. The molecule has 128 valence electrons. The zero-order chi connectivity index (χ0) is 17.2. The summed E-state index contributed by atoms with van der Waals surface area (Å²) in [7, 11) is -3.30. The van der Waals surface area contributed by atoms with Crippen molar-refractivity contribution < 1.29 is 13.2 Å². The van der Waals surface area contributed by atoms with Crippen LogP contribution in [0, 0.1) is 5.92 Å². The number of rotatable bonds is 4. The lowest BCUT2D eigenvalue weighted by Gasteiger charge is -2.32. The first kappa shape index (κ1) is 17.2. The molecule has 1 amide bonds. The number of hydrogen-bond acceptors (Lipinski definition) is 4. The minimum atomic E-state index is -3.30. The van der Waals surface area contributed by atoms with E-state index in [0.717, 1.165) is 38.6 Å². The highest BCUT2D eigenvalue weighted by atomic mass is 32.2. The highest BCUT2D eigenvalue weighted by Crippen LogP contribution is 2.25. The molecule has 3 rings (SSSR count). The van der Waals surface area contributed by atoms with E-state index in [1.54, 1.807) is 23.5 Å². The topological polar surface area (TPSA) is 54.5 Å². The highest BCUT2D eigenvalue weighted by Gasteiger charge is 2.24. The third kappa shape index (κ3) is 4.05. The minimum Gasteiger partial charge on any atom is -0.339 e. The van der Waals surface area contributed by atoms with E-state index >= 15 is 0 Å². The Balaban J connectivity index is 1.63. The van der Waals surface area contributed by atoms with Crippen LogP contribution >= 0.6 is 11.3 Å². The minimum absolute atomic E-state index is 0.0740. The molecule has 4 nitrogen and oxygen atoms in total. The summed E-state index contributed by atoms with van der Waals surface area (Å²) >= 11 is 1.79. The number of carbonyl (C=O) groups is 1. The normalized spacial score (nSPS) is 16.3. The number of benzene rings is 1. The number of sulfone groups is 1. The van der Waals surface area contributed by atoms with Crippen LogP contribution in [0.5, 0.6) is 0 Å². The number of likely N-dealkylation sites (tertiary alicyclic amines) is 1. The standard InChI is InChI=1S/C18H21NO3S2/c1-24(21,22)17-6-2-4-15(13-17)18(20)19-9-7-14(8-10-19)12-16-5-3-11-23-16/h2-6,11,13-14H,7-10,12H2,1H3. The lowest BCUT2D eigenvalue weighted by Crippen LogP contribution is -2.38. The van der Waals surface area contributed by atoms with Crippen LogP contribution in [-0.4, -0.2) is 38.6 Å². The first-order chi connectivity index (χ1) is 11.4. The summed E-state index contributed by atoms with van der Waals surface area (Å²) in [5.74, 6) is 0.546. The molecule has 1 aliphatic rings. The van der Waals surface area contributed by atoms with Gasteiger partial charge in [0.15, 0.2) is 9.84 Å². The Hall–Kier alpha value is -1.66. The predicted octanol–water partition coefficient (Wildman–Crippen LogP) is 3.25. The Labute approximate surface area is 147 Å². The summed E-state index contributed by atoms with van der Waals surface area (Å²) in [5, 5.41) is 2.10. The van der Waals surface area contributed by atoms with Crippen molar-refractivity contribution >= 4 is 27.1 Å². The van der Waals surface area contributed by atoms with Crippen molar-refractivity contribution in [3.05, 3.63) is 52.2 Å². The molecule has 24 heavy (non-hydrogen) atoms. The van der Waals surface area contributed by atoms with E-state index in [1.165, 1.54) is 17.0 Å². The third-order valence-electron chi connectivity index (χ3n) is 4.48. The van der Waals surface area contributed by atoms with Crippen LogP contribution in [0.4, 0.5) is 0 Å². The summed E-state index contributed by atoms with van der Waals surface area (Å²) in [6.07, 6.45) is 4.24. The monoisotopic (exact) mass is 363 g/mol. The molecular weight excluding hydrogens is 342 g/mol. The maximum absolute atomic E-state index is 12.6. The van der Waals surface area contributed by atoms with Gasteiger partial charge in [-0.1, -0.05) is 12.1 Å². The smallest absolute Gasteiger partial charge is 0.253 e. The molecule has 0 radical (unpaired) electrons. The maximum atomic E-state index is 12.6. The van der Waals surface area contributed by atoms with Crippen molar-refractivity contribution in [2.24, 2.45) is 5.92 Å². The average Bonchev–Trinajstić information content (AvgIpc) is 3.07. The van der Waals surface area contributed by atoms with Crippen molar-refractivity contribution in [2.75, 3.05) is 19.3 Å².